The Morgan fingerprint density at radius 2 is 2.10 bits per heavy atom. The number of nitro benzene ring substituents is 1. The highest BCUT2D eigenvalue weighted by molar-refractivity contribution is 6.30. The molecule has 0 aliphatic heterocycles. The molecule has 0 heterocycles. The van der Waals surface area contributed by atoms with Crippen molar-refractivity contribution in [3.63, 3.8) is 0 Å². The first-order valence-electron chi connectivity index (χ1n) is 6.41. The number of anilines is 1. The van der Waals surface area contributed by atoms with E-state index in [0.717, 1.165) is 25.7 Å². The predicted octanol–water partition coefficient (Wildman–Crippen LogP) is 3.08. The van der Waals surface area contributed by atoms with E-state index < -0.39 is 10.9 Å². The topological polar surface area (TPSA) is 83.7 Å². The van der Waals surface area contributed by atoms with Crippen LogP contribution >= 0.6 is 11.6 Å². The highest BCUT2D eigenvalue weighted by atomic mass is 35.5. The quantitative estimate of drug-likeness (QED) is 0.667. The van der Waals surface area contributed by atoms with E-state index in [0.29, 0.717) is 5.69 Å². The Morgan fingerprint density at radius 1 is 1.45 bits per heavy atom. The summed E-state index contributed by atoms with van der Waals surface area (Å²) in [5.41, 5.74) is 0.180. The van der Waals surface area contributed by atoms with Gasteiger partial charge in [-0.1, -0.05) is 24.4 Å². The number of carbonyl (C=O) groups is 1. The maximum absolute atomic E-state index is 11.2. The summed E-state index contributed by atoms with van der Waals surface area (Å²) in [4.78, 5) is 23.3. The molecule has 0 bridgehead atoms. The first kappa shape index (κ1) is 14.6. The van der Waals surface area contributed by atoms with E-state index in [1.165, 1.54) is 12.1 Å². The lowest BCUT2D eigenvalue weighted by atomic mass is 10.1. The Hall–Kier alpha value is -1.82. The van der Waals surface area contributed by atoms with Crippen LogP contribution in [0.25, 0.3) is 0 Å². The Morgan fingerprint density at radius 3 is 2.65 bits per heavy atom. The maximum Gasteiger partial charge on any atom is 0.323 e. The number of hydrogen-bond acceptors (Lipinski definition) is 4. The fourth-order valence-corrected chi connectivity index (χ4v) is 2.82. The van der Waals surface area contributed by atoms with Gasteiger partial charge in [-0.05, 0) is 25.0 Å². The van der Waals surface area contributed by atoms with Crippen LogP contribution in [0.15, 0.2) is 18.2 Å². The fourth-order valence-electron chi connectivity index (χ4n) is 2.66. The molecule has 108 valence electrons. The molecule has 1 aliphatic carbocycles. The van der Waals surface area contributed by atoms with Gasteiger partial charge in [-0.15, -0.1) is 0 Å². The van der Waals surface area contributed by atoms with Gasteiger partial charge in [0.1, 0.15) is 12.2 Å². The Labute approximate surface area is 121 Å². The van der Waals surface area contributed by atoms with Gasteiger partial charge in [0.15, 0.2) is 0 Å². The molecule has 1 aromatic rings. The maximum atomic E-state index is 11.2. The Kier molecular flexibility index (Phi) is 4.44. The van der Waals surface area contributed by atoms with E-state index in [2.05, 4.69) is 0 Å². The monoisotopic (exact) mass is 298 g/mol. The first-order valence-corrected chi connectivity index (χ1v) is 6.79. The third-order valence-corrected chi connectivity index (χ3v) is 3.75. The number of benzene rings is 1. The normalized spacial score (nSPS) is 15.2. The molecule has 1 aliphatic rings. The number of hydrogen-bond donors (Lipinski definition) is 1. The summed E-state index contributed by atoms with van der Waals surface area (Å²) in [7, 11) is 0. The number of nitrogens with zero attached hydrogens (tertiary/aromatic N) is 2. The van der Waals surface area contributed by atoms with Crippen LogP contribution < -0.4 is 4.90 Å². The van der Waals surface area contributed by atoms with E-state index in [1.54, 1.807) is 11.0 Å². The van der Waals surface area contributed by atoms with Gasteiger partial charge in [0.05, 0.1) is 4.92 Å². The van der Waals surface area contributed by atoms with Crippen LogP contribution in [-0.2, 0) is 4.79 Å². The molecule has 0 aromatic heterocycles. The summed E-state index contributed by atoms with van der Waals surface area (Å²) in [6.07, 6.45) is 3.74. The summed E-state index contributed by atoms with van der Waals surface area (Å²) in [6.45, 7) is -0.243. The van der Waals surface area contributed by atoms with Crippen molar-refractivity contribution in [1.29, 1.82) is 0 Å². The molecule has 7 heteroatoms. The number of aliphatic carboxylic acids is 1. The lowest BCUT2D eigenvalue weighted by Crippen LogP contribution is -2.38. The van der Waals surface area contributed by atoms with E-state index in [4.69, 9.17) is 16.7 Å². The zero-order valence-electron chi connectivity index (χ0n) is 10.8. The molecule has 1 saturated carbocycles. The summed E-state index contributed by atoms with van der Waals surface area (Å²) < 4.78 is 0. The van der Waals surface area contributed by atoms with E-state index in [1.807, 2.05) is 0 Å². The van der Waals surface area contributed by atoms with Crippen LogP contribution in [0.5, 0.6) is 0 Å². The largest absolute Gasteiger partial charge is 0.480 e. The van der Waals surface area contributed by atoms with Crippen LogP contribution in [0, 0.1) is 10.1 Å². The van der Waals surface area contributed by atoms with Crippen molar-refractivity contribution in [1.82, 2.24) is 0 Å². The van der Waals surface area contributed by atoms with Gasteiger partial charge in [-0.2, -0.15) is 0 Å². The summed E-state index contributed by atoms with van der Waals surface area (Å²) in [5.74, 6) is -0.999. The molecule has 2 rings (SSSR count). The van der Waals surface area contributed by atoms with Crippen molar-refractivity contribution in [3.8, 4) is 0 Å². The Balaban J connectivity index is 2.41. The second kappa shape index (κ2) is 6.09. The minimum Gasteiger partial charge on any atom is -0.480 e. The molecule has 1 N–H and O–H groups in total. The van der Waals surface area contributed by atoms with Gasteiger partial charge in [0.2, 0.25) is 0 Å². The number of halogens is 1. The van der Waals surface area contributed by atoms with Crippen molar-refractivity contribution < 1.29 is 14.8 Å². The molecule has 0 saturated heterocycles. The third kappa shape index (κ3) is 3.19. The van der Waals surface area contributed by atoms with Crippen LogP contribution in [0.3, 0.4) is 0 Å². The summed E-state index contributed by atoms with van der Waals surface area (Å²) >= 11 is 5.79. The van der Waals surface area contributed by atoms with Crippen LogP contribution in [-0.4, -0.2) is 28.6 Å². The average Bonchev–Trinajstić information content (AvgIpc) is 2.89. The molecular formula is C13H15ClN2O4. The molecular weight excluding hydrogens is 284 g/mol. The molecule has 6 nitrogen and oxygen atoms in total. The molecule has 20 heavy (non-hydrogen) atoms. The highest BCUT2D eigenvalue weighted by Crippen LogP contribution is 2.35. The molecule has 1 fully saturated rings. The van der Waals surface area contributed by atoms with Crippen LogP contribution in [0.2, 0.25) is 5.02 Å². The summed E-state index contributed by atoms with van der Waals surface area (Å²) in [5, 5.41) is 20.5. The Bertz CT molecular complexity index is 529. The lowest BCUT2D eigenvalue weighted by molar-refractivity contribution is -0.384. The van der Waals surface area contributed by atoms with Gasteiger partial charge < -0.3 is 10.0 Å². The number of rotatable bonds is 5. The van der Waals surface area contributed by atoms with Crippen molar-refractivity contribution in [2.75, 3.05) is 11.4 Å². The lowest BCUT2D eigenvalue weighted by Gasteiger charge is -2.29. The zero-order valence-corrected chi connectivity index (χ0v) is 11.5. The van der Waals surface area contributed by atoms with Gasteiger partial charge >= 0.3 is 5.97 Å². The van der Waals surface area contributed by atoms with Crippen molar-refractivity contribution in [2.45, 2.75) is 31.7 Å². The second-order valence-corrected chi connectivity index (χ2v) is 5.29. The molecule has 0 unspecified atom stereocenters. The van der Waals surface area contributed by atoms with Gasteiger partial charge in [-0.25, -0.2) is 0 Å². The average molecular weight is 299 g/mol. The summed E-state index contributed by atoms with van der Waals surface area (Å²) in [6, 6.07) is 4.38. The van der Waals surface area contributed by atoms with E-state index >= 15 is 0 Å². The molecule has 0 spiro atoms. The van der Waals surface area contributed by atoms with Gasteiger partial charge in [-0.3, -0.25) is 14.9 Å². The zero-order chi connectivity index (χ0) is 14.7. The molecule has 0 amide bonds. The second-order valence-electron chi connectivity index (χ2n) is 4.85. The third-order valence-electron chi connectivity index (χ3n) is 3.51. The van der Waals surface area contributed by atoms with E-state index in [9.17, 15) is 14.9 Å². The SMILES string of the molecule is O=C(O)CN(c1ccc(Cl)cc1[N+](=O)[O-])C1CCCC1. The fraction of sp³-hybridized carbons (Fsp3) is 0.462. The smallest absolute Gasteiger partial charge is 0.323 e. The van der Waals surface area contributed by atoms with Crippen molar-refractivity contribution >= 4 is 28.9 Å². The van der Waals surface area contributed by atoms with Crippen LogP contribution in [0.4, 0.5) is 11.4 Å². The van der Waals surface area contributed by atoms with Crippen molar-refractivity contribution in [3.05, 3.63) is 33.3 Å². The number of carboxylic acids is 1. The van der Waals surface area contributed by atoms with Gasteiger partial charge in [0.25, 0.3) is 5.69 Å². The molecule has 1 aromatic carbocycles. The first-order chi connectivity index (χ1) is 9.49. The van der Waals surface area contributed by atoms with Gasteiger partial charge in [0, 0.05) is 17.1 Å². The van der Waals surface area contributed by atoms with Crippen molar-refractivity contribution in [2.24, 2.45) is 0 Å². The number of nitro groups is 1. The minimum atomic E-state index is -0.999. The van der Waals surface area contributed by atoms with Crippen LogP contribution in [0.1, 0.15) is 25.7 Å². The molecule has 0 radical (unpaired) electrons. The standard InChI is InChI=1S/C13H15ClN2O4/c14-9-5-6-11(12(7-9)16(19)20)15(8-13(17)18)10-3-1-2-4-10/h5-7,10H,1-4,8H2,(H,17,18). The predicted molar refractivity (Wildman–Crippen MR) is 75.3 cm³/mol. The molecule has 0 atom stereocenters. The highest BCUT2D eigenvalue weighted by Gasteiger charge is 2.29. The number of carboxylic acid groups (broad SMARTS) is 1. The minimum absolute atomic E-state index is 0.0333. The van der Waals surface area contributed by atoms with E-state index in [-0.39, 0.29) is 23.3 Å².